The van der Waals surface area contributed by atoms with Crippen LogP contribution in [0.1, 0.15) is 23.1 Å². The van der Waals surface area contributed by atoms with Gasteiger partial charge in [0.1, 0.15) is 5.75 Å². The van der Waals surface area contributed by atoms with E-state index in [4.69, 9.17) is 10.6 Å². The second-order valence-electron chi connectivity index (χ2n) is 3.88. The molecule has 0 bridgehead atoms. The molecule has 0 aliphatic heterocycles. The van der Waals surface area contributed by atoms with Crippen molar-refractivity contribution in [2.75, 3.05) is 13.2 Å². The number of hydrazine groups is 1. The van der Waals surface area contributed by atoms with Gasteiger partial charge < -0.3 is 4.74 Å². The molecule has 1 aromatic carbocycles. The highest BCUT2D eigenvalue weighted by Gasteiger charge is 2.04. The normalized spacial score (nSPS) is 10.4. The van der Waals surface area contributed by atoms with Crippen LogP contribution in [-0.4, -0.2) is 13.2 Å². The van der Waals surface area contributed by atoms with Crippen LogP contribution in [0, 0.1) is 20.8 Å². The van der Waals surface area contributed by atoms with E-state index >= 15 is 0 Å². The van der Waals surface area contributed by atoms with E-state index in [0.29, 0.717) is 6.61 Å². The minimum absolute atomic E-state index is 0.703. The highest BCUT2D eigenvalue weighted by atomic mass is 16.5. The Bertz CT molecular complexity index is 300. The van der Waals surface area contributed by atoms with Crippen LogP contribution in [0.5, 0.6) is 5.75 Å². The van der Waals surface area contributed by atoms with Gasteiger partial charge in [-0.05, 0) is 38.3 Å². The second-order valence-corrected chi connectivity index (χ2v) is 3.88. The SMILES string of the molecule is Cc1cc(C)c(OCCCNN)c(C)c1. The van der Waals surface area contributed by atoms with E-state index in [2.05, 4.69) is 38.3 Å². The van der Waals surface area contributed by atoms with E-state index in [-0.39, 0.29) is 0 Å². The van der Waals surface area contributed by atoms with Gasteiger partial charge in [-0.25, -0.2) is 0 Å². The van der Waals surface area contributed by atoms with Crippen molar-refractivity contribution >= 4 is 0 Å². The van der Waals surface area contributed by atoms with E-state index in [1.165, 1.54) is 16.7 Å². The fourth-order valence-electron chi connectivity index (χ4n) is 1.74. The van der Waals surface area contributed by atoms with Gasteiger partial charge in [-0.1, -0.05) is 17.7 Å². The first-order chi connectivity index (χ1) is 7.15. The lowest BCUT2D eigenvalue weighted by Gasteiger charge is -2.12. The Kier molecular flexibility index (Phi) is 4.59. The summed E-state index contributed by atoms with van der Waals surface area (Å²) in [6.45, 7) is 7.74. The summed E-state index contributed by atoms with van der Waals surface area (Å²) in [4.78, 5) is 0. The van der Waals surface area contributed by atoms with Gasteiger partial charge in [-0.2, -0.15) is 0 Å². The third-order valence-electron chi connectivity index (χ3n) is 2.32. The Labute approximate surface area is 91.6 Å². The van der Waals surface area contributed by atoms with Gasteiger partial charge in [0.05, 0.1) is 6.61 Å². The van der Waals surface area contributed by atoms with Gasteiger partial charge in [0.2, 0.25) is 0 Å². The molecule has 0 radical (unpaired) electrons. The predicted molar refractivity (Wildman–Crippen MR) is 63.0 cm³/mol. The van der Waals surface area contributed by atoms with Crippen LogP contribution in [-0.2, 0) is 0 Å². The predicted octanol–water partition coefficient (Wildman–Crippen LogP) is 1.84. The average molecular weight is 208 g/mol. The Morgan fingerprint density at radius 3 is 2.33 bits per heavy atom. The standard InChI is InChI=1S/C12H20N2O/c1-9-7-10(2)12(11(3)8-9)15-6-4-5-14-13/h7-8,14H,4-6,13H2,1-3H3. The summed E-state index contributed by atoms with van der Waals surface area (Å²) in [6, 6.07) is 4.28. The molecule has 15 heavy (non-hydrogen) atoms. The number of hydrogen-bond acceptors (Lipinski definition) is 3. The van der Waals surface area contributed by atoms with Gasteiger partial charge >= 0.3 is 0 Å². The minimum Gasteiger partial charge on any atom is -0.493 e. The zero-order valence-corrected chi connectivity index (χ0v) is 9.76. The third kappa shape index (κ3) is 3.53. The van der Waals surface area contributed by atoms with Crippen molar-refractivity contribution in [3.63, 3.8) is 0 Å². The molecule has 0 unspecified atom stereocenters. The molecule has 0 fully saturated rings. The lowest BCUT2D eigenvalue weighted by molar-refractivity contribution is 0.304. The van der Waals surface area contributed by atoms with Crippen molar-refractivity contribution in [1.82, 2.24) is 5.43 Å². The summed E-state index contributed by atoms with van der Waals surface area (Å²) < 4.78 is 5.73. The molecule has 0 heterocycles. The van der Waals surface area contributed by atoms with Gasteiger partial charge in [0.15, 0.2) is 0 Å². The molecule has 1 rings (SSSR count). The first-order valence-corrected chi connectivity index (χ1v) is 5.29. The molecule has 3 N–H and O–H groups in total. The number of nitrogens with two attached hydrogens (primary N) is 1. The zero-order chi connectivity index (χ0) is 11.3. The highest BCUT2D eigenvalue weighted by molar-refractivity contribution is 5.42. The van der Waals surface area contributed by atoms with Crippen LogP contribution >= 0.6 is 0 Å². The number of rotatable bonds is 5. The molecule has 84 valence electrons. The average Bonchev–Trinajstić information content (AvgIpc) is 2.15. The Balaban J connectivity index is 2.60. The highest BCUT2D eigenvalue weighted by Crippen LogP contribution is 2.24. The third-order valence-corrected chi connectivity index (χ3v) is 2.32. The topological polar surface area (TPSA) is 47.3 Å². The van der Waals surface area contributed by atoms with Crippen LogP contribution < -0.4 is 16.0 Å². The van der Waals surface area contributed by atoms with Crippen LogP contribution in [0.2, 0.25) is 0 Å². The molecule has 1 aromatic rings. The van der Waals surface area contributed by atoms with Crippen molar-refractivity contribution in [3.8, 4) is 5.75 Å². The van der Waals surface area contributed by atoms with Crippen molar-refractivity contribution < 1.29 is 4.74 Å². The van der Waals surface area contributed by atoms with E-state index in [1.54, 1.807) is 0 Å². The van der Waals surface area contributed by atoms with Gasteiger partial charge in [0.25, 0.3) is 0 Å². The van der Waals surface area contributed by atoms with Gasteiger partial charge in [0, 0.05) is 6.54 Å². The van der Waals surface area contributed by atoms with Crippen molar-refractivity contribution in [1.29, 1.82) is 0 Å². The Morgan fingerprint density at radius 1 is 1.20 bits per heavy atom. The summed E-state index contributed by atoms with van der Waals surface area (Å²) >= 11 is 0. The van der Waals surface area contributed by atoms with Gasteiger partial charge in [-0.3, -0.25) is 11.3 Å². The van der Waals surface area contributed by atoms with Crippen molar-refractivity contribution in [2.45, 2.75) is 27.2 Å². The molecule has 0 spiro atoms. The van der Waals surface area contributed by atoms with Crippen LogP contribution in [0.15, 0.2) is 12.1 Å². The molecule has 0 aliphatic carbocycles. The zero-order valence-electron chi connectivity index (χ0n) is 9.76. The molecule has 3 heteroatoms. The molecular weight excluding hydrogens is 188 g/mol. The van der Waals surface area contributed by atoms with E-state index < -0.39 is 0 Å². The lowest BCUT2D eigenvalue weighted by Crippen LogP contribution is -2.24. The maximum atomic E-state index is 5.73. The molecule has 0 amide bonds. The number of nitrogens with one attached hydrogen (secondary N) is 1. The quantitative estimate of drug-likeness (QED) is 0.441. The largest absolute Gasteiger partial charge is 0.493 e. The molecule has 0 aromatic heterocycles. The van der Waals surface area contributed by atoms with E-state index in [0.717, 1.165) is 18.7 Å². The monoisotopic (exact) mass is 208 g/mol. The Hall–Kier alpha value is -1.06. The van der Waals surface area contributed by atoms with Crippen LogP contribution in [0.3, 0.4) is 0 Å². The van der Waals surface area contributed by atoms with E-state index in [9.17, 15) is 0 Å². The number of ether oxygens (including phenoxy) is 1. The fourth-order valence-corrected chi connectivity index (χ4v) is 1.74. The van der Waals surface area contributed by atoms with Crippen LogP contribution in [0.25, 0.3) is 0 Å². The number of benzene rings is 1. The summed E-state index contributed by atoms with van der Waals surface area (Å²) in [5.41, 5.74) is 6.30. The number of aryl methyl sites for hydroxylation is 3. The summed E-state index contributed by atoms with van der Waals surface area (Å²) in [7, 11) is 0. The molecule has 3 nitrogen and oxygen atoms in total. The number of hydrogen-bond donors (Lipinski definition) is 2. The second kappa shape index (κ2) is 5.73. The van der Waals surface area contributed by atoms with Crippen LogP contribution in [0.4, 0.5) is 0 Å². The van der Waals surface area contributed by atoms with Gasteiger partial charge in [-0.15, -0.1) is 0 Å². The summed E-state index contributed by atoms with van der Waals surface area (Å²) in [5, 5.41) is 0. The maximum absolute atomic E-state index is 5.73. The molecule has 0 saturated heterocycles. The molecule has 0 aliphatic rings. The first kappa shape index (κ1) is 12.0. The minimum atomic E-state index is 0.703. The lowest BCUT2D eigenvalue weighted by atomic mass is 10.1. The molecule has 0 atom stereocenters. The molecular formula is C12H20N2O. The summed E-state index contributed by atoms with van der Waals surface area (Å²) in [5.74, 6) is 6.19. The smallest absolute Gasteiger partial charge is 0.125 e. The molecule has 0 saturated carbocycles. The fraction of sp³-hybridized carbons (Fsp3) is 0.500. The first-order valence-electron chi connectivity index (χ1n) is 5.29. The Morgan fingerprint density at radius 2 is 1.80 bits per heavy atom. The van der Waals surface area contributed by atoms with Crippen molar-refractivity contribution in [3.05, 3.63) is 28.8 Å². The van der Waals surface area contributed by atoms with Crippen molar-refractivity contribution in [2.24, 2.45) is 5.84 Å². The van der Waals surface area contributed by atoms with E-state index in [1.807, 2.05) is 0 Å². The maximum Gasteiger partial charge on any atom is 0.125 e. The summed E-state index contributed by atoms with van der Waals surface area (Å²) in [6.07, 6.45) is 0.920.